The number of benzene rings is 2. The maximum absolute atomic E-state index is 13.3. The Bertz CT molecular complexity index is 736. The summed E-state index contributed by atoms with van der Waals surface area (Å²) in [4.78, 5) is 12.0. The van der Waals surface area contributed by atoms with E-state index in [2.05, 4.69) is 0 Å². The lowest BCUT2D eigenvalue weighted by Crippen LogP contribution is -2.08. The van der Waals surface area contributed by atoms with E-state index in [4.69, 9.17) is 15.7 Å². The lowest BCUT2D eigenvalue weighted by molar-refractivity contribution is 0.0473. The van der Waals surface area contributed by atoms with Gasteiger partial charge in [-0.2, -0.15) is 5.26 Å². The van der Waals surface area contributed by atoms with Crippen LogP contribution in [-0.2, 0) is 11.3 Å². The van der Waals surface area contributed by atoms with Crippen molar-refractivity contribution >= 4 is 11.7 Å². The molecule has 0 bridgehead atoms. The van der Waals surface area contributed by atoms with Crippen molar-refractivity contribution in [3.63, 3.8) is 0 Å². The van der Waals surface area contributed by atoms with E-state index in [1.54, 1.807) is 18.2 Å². The van der Waals surface area contributed by atoms with E-state index >= 15 is 0 Å². The smallest absolute Gasteiger partial charge is 0.340 e. The number of aryl methyl sites for hydroxylation is 1. The summed E-state index contributed by atoms with van der Waals surface area (Å²) < 4.78 is 18.4. The van der Waals surface area contributed by atoms with E-state index in [0.29, 0.717) is 11.3 Å². The molecule has 0 aliphatic rings. The first-order chi connectivity index (χ1) is 9.99. The summed E-state index contributed by atoms with van der Waals surface area (Å²) in [5.74, 6) is -1.13. The zero-order chi connectivity index (χ0) is 15.4. The van der Waals surface area contributed by atoms with Gasteiger partial charge in [-0.05, 0) is 42.8 Å². The number of nitrogen functional groups attached to an aromatic ring is 1. The van der Waals surface area contributed by atoms with Gasteiger partial charge in [0.15, 0.2) is 0 Å². The number of esters is 1. The Balaban J connectivity index is 2.13. The first-order valence-corrected chi connectivity index (χ1v) is 6.22. The van der Waals surface area contributed by atoms with E-state index < -0.39 is 11.8 Å². The molecule has 0 heterocycles. The lowest BCUT2D eigenvalue weighted by Gasteiger charge is -2.08. The number of halogens is 1. The number of carbonyl (C=O) groups excluding carboxylic acids is 1. The van der Waals surface area contributed by atoms with Gasteiger partial charge >= 0.3 is 5.97 Å². The molecule has 2 aromatic rings. The van der Waals surface area contributed by atoms with Crippen LogP contribution in [0.5, 0.6) is 0 Å². The van der Waals surface area contributed by atoms with Crippen LogP contribution < -0.4 is 5.73 Å². The Hall–Kier alpha value is -2.87. The summed E-state index contributed by atoms with van der Waals surface area (Å²) in [6, 6.07) is 10.7. The quantitative estimate of drug-likeness (QED) is 0.694. The fourth-order valence-electron chi connectivity index (χ4n) is 1.87. The molecule has 0 aliphatic carbocycles. The number of carbonyl (C=O) groups is 1. The normalized spacial score (nSPS) is 9.95. The van der Waals surface area contributed by atoms with Gasteiger partial charge in [-0.1, -0.05) is 11.6 Å². The molecule has 2 N–H and O–H groups in total. The molecule has 0 unspecified atom stereocenters. The highest BCUT2D eigenvalue weighted by atomic mass is 19.1. The Kier molecular flexibility index (Phi) is 4.19. The van der Waals surface area contributed by atoms with Gasteiger partial charge in [0, 0.05) is 5.69 Å². The number of anilines is 1. The second-order valence-corrected chi connectivity index (χ2v) is 4.63. The Morgan fingerprint density at radius 1 is 1.33 bits per heavy atom. The van der Waals surface area contributed by atoms with Crippen LogP contribution in [-0.4, -0.2) is 5.97 Å². The van der Waals surface area contributed by atoms with Crippen LogP contribution in [0.2, 0.25) is 0 Å². The van der Waals surface area contributed by atoms with Crippen LogP contribution in [0, 0.1) is 24.1 Å². The first kappa shape index (κ1) is 14.5. The number of rotatable bonds is 3. The molecule has 4 nitrogen and oxygen atoms in total. The maximum atomic E-state index is 13.3. The van der Waals surface area contributed by atoms with Crippen molar-refractivity contribution in [3.8, 4) is 6.07 Å². The van der Waals surface area contributed by atoms with Gasteiger partial charge in [0.1, 0.15) is 12.4 Å². The zero-order valence-electron chi connectivity index (χ0n) is 11.4. The lowest BCUT2D eigenvalue weighted by atomic mass is 10.1. The molecule has 0 aliphatic heterocycles. The zero-order valence-corrected chi connectivity index (χ0v) is 11.4. The molecular formula is C16H13FN2O2. The van der Waals surface area contributed by atoms with E-state index in [9.17, 15) is 9.18 Å². The molecule has 2 aromatic carbocycles. The summed E-state index contributed by atoms with van der Waals surface area (Å²) in [5, 5.41) is 8.77. The number of nitrogens with two attached hydrogens (primary N) is 1. The second-order valence-electron chi connectivity index (χ2n) is 4.63. The average molecular weight is 284 g/mol. The highest BCUT2D eigenvalue weighted by molar-refractivity contribution is 5.95. The molecule has 0 aromatic heterocycles. The largest absolute Gasteiger partial charge is 0.457 e. The molecule has 0 radical (unpaired) electrons. The van der Waals surface area contributed by atoms with Crippen LogP contribution in [0.1, 0.15) is 27.0 Å². The van der Waals surface area contributed by atoms with Crippen LogP contribution in [0.25, 0.3) is 0 Å². The van der Waals surface area contributed by atoms with Gasteiger partial charge in [0.2, 0.25) is 0 Å². The average Bonchev–Trinajstić information content (AvgIpc) is 2.46. The van der Waals surface area contributed by atoms with Crippen molar-refractivity contribution in [1.82, 2.24) is 0 Å². The molecule has 0 amide bonds. The van der Waals surface area contributed by atoms with Gasteiger partial charge in [0.25, 0.3) is 0 Å². The van der Waals surface area contributed by atoms with Gasteiger partial charge in [0.05, 0.1) is 17.2 Å². The van der Waals surface area contributed by atoms with E-state index in [0.717, 1.165) is 11.6 Å². The second kappa shape index (κ2) is 6.06. The van der Waals surface area contributed by atoms with Crippen LogP contribution in [0.4, 0.5) is 10.1 Å². The maximum Gasteiger partial charge on any atom is 0.340 e. The Morgan fingerprint density at radius 2 is 2.10 bits per heavy atom. The minimum Gasteiger partial charge on any atom is -0.457 e. The van der Waals surface area contributed by atoms with Gasteiger partial charge in [-0.3, -0.25) is 0 Å². The molecule has 5 heteroatoms. The van der Waals surface area contributed by atoms with Crippen molar-refractivity contribution in [1.29, 1.82) is 5.26 Å². The molecule has 21 heavy (non-hydrogen) atoms. The minimum absolute atomic E-state index is 0.126. The number of nitriles is 1. The van der Waals surface area contributed by atoms with E-state index in [1.165, 1.54) is 12.1 Å². The standard InChI is InChI=1S/C16H13FN2O2/c1-10-2-3-15(19)14(4-10)16(20)21-9-12-5-11(8-18)6-13(17)7-12/h2-7H,9,19H2,1H3. The summed E-state index contributed by atoms with van der Waals surface area (Å²) in [7, 11) is 0. The van der Waals surface area contributed by atoms with Gasteiger partial charge in [-0.15, -0.1) is 0 Å². The highest BCUT2D eigenvalue weighted by Crippen LogP contribution is 2.16. The third kappa shape index (κ3) is 3.57. The fraction of sp³-hybridized carbons (Fsp3) is 0.125. The predicted molar refractivity (Wildman–Crippen MR) is 75.8 cm³/mol. The van der Waals surface area contributed by atoms with Crippen molar-refractivity contribution in [3.05, 3.63) is 64.5 Å². The number of hydrogen-bond donors (Lipinski definition) is 1. The van der Waals surface area contributed by atoms with Crippen LogP contribution in [0.15, 0.2) is 36.4 Å². The fourth-order valence-corrected chi connectivity index (χ4v) is 1.87. The molecule has 106 valence electrons. The summed E-state index contributed by atoms with van der Waals surface area (Å²) >= 11 is 0. The SMILES string of the molecule is Cc1ccc(N)c(C(=O)OCc2cc(F)cc(C#N)c2)c1. The number of ether oxygens (including phenoxy) is 1. The van der Waals surface area contributed by atoms with E-state index in [-0.39, 0.29) is 17.7 Å². The minimum atomic E-state index is -0.584. The molecule has 2 rings (SSSR count). The number of hydrogen-bond acceptors (Lipinski definition) is 4. The van der Waals surface area contributed by atoms with E-state index in [1.807, 2.05) is 13.0 Å². The molecular weight excluding hydrogens is 271 g/mol. The van der Waals surface area contributed by atoms with Gasteiger partial charge in [-0.25, -0.2) is 9.18 Å². The molecule has 0 saturated carbocycles. The van der Waals surface area contributed by atoms with Gasteiger partial charge < -0.3 is 10.5 Å². The highest BCUT2D eigenvalue weighted by Gasteiger charge is 2.12. The molecule has 0 fully saturated rings. The predicted octanol–water partition coefficient (Wildman–Crippen LogP) is 2.95. The van der Waals surface area contributed by atoms with Crippen LogP contribution in [0.3, 0.4) is 0 Å². The van der Waals surface area contributed by atoms with Crippen molar-refractivity contribution in [2.45, 2.75) is 13.5 Å². The van der Waals surface area contributed by atoms with Crippen LogP contribution >= 0.6 is 0 Å². The topological polar surface area (TPSA) is 76.1 Å². The first-order valence-electron chi connectivity index (χ1n) is 6.22. The molecule has 0 spiro atoms. The number of nitrogens with zero attached hydrogens (tertiary/aromatic N) is 1. The summed E-state index contributed by atoms with van der Waals surface area (Å²) in [6.07, 6.45) is 0. The summed E-state index contributed by atoms with van der Waals surface area (Å²) in [5.41, 5.74) is 7.79. The van der Waals surface area contributed by atoms with Crippen molar-refractivity contribution in [2.75, 3.05) is 5.73 Å². The third-order valence-electron chi connectivity index (χ3n) is 2.89. The molecule has 0 saturated heterocycles. The van der Waals surface area contributed by atoms with Crippen molar-refractivity contribution in [2.24, 2.45) is 0 Å². The Morgan fingerprint density at radius 3 is 2.81 bits per heavy atom. The van der Waals surface area contributed by atoms with Crippen molar-refractivity contribution < 1.29 is 13.9 Å². The molecule has 0 atom stereocenters. The monoisotopic (exact) mass is 284 g/mol. The summed E-state index contributed by atoms with van der Waals surface area (Å²) in [6.45, 7) is 1.71. The Labute approximate surface area is 121 Å². The third-order valence-corrected chi connectivity index (χ3v) is 2.89.